The molecule has 0 fully saturated rings. The summed E-state index contributed by atoms with van der Waals surface area (Å²) in [7, 11) is 0. The largest absolute Gasteiger partial charge is 0.391 e. The molecule has 0 heterocycles. The first-order valence-electron chi connectivity index (χ1n) is 9.98. The Bertz CT molecular complexity index is 682. The SMILES string of the molecule is CC(C)C[C@@H]([C@H](O)C1C=CC=C1)N(Cc1ccccc1)Cc1ccccc1. The molecule has 142 valence electrons. The highest BCUT2D eigenvalue weighted by atomic mass is 16.3. The van der Waals surface area contributed by atoms with Crippen molar-refractivity contribution < 1.29 is 5.11 Å². The van der Waals surface area contributed by atoms with Gasteiger partial charge in [-0.2, -0.15) is 0 Å². The summed E-state index contributed by atoms with van der Waals surface area (Å²) in [4.78, 5) is 2.45. The van der Waals surface area contributed by atoms with Crippen LogP contribution in [0.2, 0.25) is 0 Å². The standard InChI is InChI=1S/C25H31NO/c1-20(2)17-24(25(27)23-15-9-10-16-23)26(18-21-11-5-3-6-12-21)19-22-13-7-4-8-14-22/h3-16,20,23-25,27H,17-19H2,1-2H3/t24-,25+/m0/s1. The minimum atomic E-state index is -0.408. The van der Waals surface area contributed by atoms with Crippen molar-refractivity contribution in [2.24, 2.45) is 11.8 Å². The van der Waals surface area contributed by atoms with Gasteiger partial charge in [-0.1, -0.05) is 98.8 Å². The van der Waals surface area contributed by atoms with Gasteiger partial charge in [0.15, 0.2) is 0 Å². The molecule has 0 spiro atoms. The van der Waals surface area contributed by atoms with Gasteiger partial charge in [0.25, 0.3) is 0 Å². The molecular formula is C25H31NO. The molecule has 0 saturated carbocycles. The fraction of sp³-hybridized carbons (Fsp3) is 0.360. The number of allylic oxidation sites excluding steroid dienone is 2. The van der Waals surface area contributed by atoms with E-state index in [0.717, 1.165) is 19.5 Å². The highest BCUT2D eigenvalue weighted by Gasteiger charge is 2.31. The number of hydrogen-bond donors (Lipinski definition) is 1. The lowest BCUT2D eigenvalue weighted by Gasteiger charge is -2.38. The predicted molar refractivity (Wildman–Crippen MR) is 113 cm³/mol. The Hall–Kier alpha value is -2.16. The van der Waals surface area contributed by atoms with Gasteiger partial charge in [0.05, 0.1) is 6.10 Å². The Labute approximate surface area is 163 Å². The highest BCUT2D eigenvalue weighted by molar-refractivity contribution is 5.21. The first-order valence-corrected chi connectivity index (χ1v) is 9.98. The third-order valence-corrected chi connectivity index (χ3v) is 5.21. The van der Waals surface area contributed by atoms with Crippen molar-refractivity contribution in [3.8, 4) is 0 Å². The number of hydrogen-bond acceptors (Lipinski definition) is 2. The molecular weight excluding hydrogens is 330 g/mol. The zero-order chi connectivity index (χ0) is 19.1. The second-order valence-corrected chi connectivity index (χ2v) is 7.91. The van der Waals surface area contributed by atoms with Crippen LogP contribution in [0.1, 0.15) is 31.4 Å². The Balaban J connectivity index is 1.87. The average molecular weight is 362 g/mol. The van der Waals surface area contributed by atoms with Gasteiger partial charge >= 0.3 is 0 Å². The van der Waals surface area contributed by atoms with Crippen LogP contribution < -0.4 is 0 Å². The van der Waals surface area contributed by atoms with E-state index in [-0.39, 0.29) is 12.0 Å². The third kappa shape index (κ3) is 5.66. The molecule has 27 heavy (non-hydrogen) atoms. The highest BCUT2D eigenvalue weighted by Crippen LogP contribution is 2.27. The first-order chi connectivity index (χ1) is 13.1. The molecule has 0 unspecified atom stereocenters. The second-order valence-electron chi connectivity index (χ2n) is 7.91. The molecule has 1 aliphatic rings. The van der Waals surface area contributed by atoms with E-state index in [4.69, 9.17) is 0 Å². The molecule has 1 aliphatic carbocycles. The van der Waals surface area contributed by atoms with Gasteiger partial charge in [0.2, 0.25) is 0 Å². The van der Waals surface area contributed by atoms with E-state index in [0.29, 0.717) is 5.92 Å². The molecule has 0 amide bonds. The van der Waals surface area contributed by atoms with Crippen LogP contribution in [-0.2, 0) is 13.1 Å². The summed E-state index contributed by atoms with van der Waals surface area (Å²) in [6.07, 6.45) is 8.87. The molecule has 3 rings (SSSR count). The van der Waals surface area contributed by atoms with E-state index in [1.807, 2.05) is 12.2 Å². The van der Waals surface area contributed by atoms with Crippen molar-refractivity contribution in [1.29, 1.82) is 0 Å². The summed E-state index contributed by atoms with van der Waals surface area (Å²) in [5.41, 5.74) is 2.57. The first kappa shape index (κ1) is 19.6. The topological polar surface area (TPSA) is 23.5 Å². The molecule has 2 aromatic carbocycles. The lowest BCUT2D eigenvalue weighted by atomic mass is 9.89. The summed E-state index contributed by atoms with van der Waals surface area (Å²) in [5.74, 6) is 0.621. The van der Waals surface area contributed by atoms with Gasteiger partial charge in [-0.05, 0) is 23.5 Å². The lowest BCUT2D eigenvalue weighted by molar-refractivity contribution is 0.0142. The molecule has 0 radical (unpaired) electrons. The minimum absolute atomic E-state index is 0.0998. The number of aliphatic hydroxyl groups excluding tert-OH is 1. The maximum Gasteiger partial charge on any atom is 0.0792 e. The van der Waals surface area contributed by atoms with Crippen LogP contribution in [-0.4, -0.2) is 22.2 Å². The Morgan fingerprint density at radius 3 is 1.74 bits per heavy atom. The molecule has 2 atom stereocenters. The Morgan fingerprint density at radius 2 is 1.30 bits per heavy atom. The number of benzene rings is 2. The molecule has 1 N–H and O–H groups in total. The van der Waals surface area contributed by atoms with Crippen molar-refractivity contribution in [3.63, 3.8) is 0 Å². The van der Waals surface area contributed by atoms with Gasteiger partial charge in [-0.15, -0.1) is 0 Å². The van der Waals surface area contributed by atoms with E-state index in [9.17, 15) is 5.11 Å². The van der Waals surface area contributed by atoms with Crippen LogP contribution in [0, 0.1) is 11.8 Å². The second kappa shape index (κ2) is 9.68. The number of nitrogens with zero attached hydrogens (tertiary/aromatic N) is 1. The zero-order valence-electron chi connectivity index (χ0n) is 16.4. The fourth-order valence-electron chi connectivity index (χ4n) is 3.85. The molecule has 2 heteroatoms. The molecule has 0 aliphatic heterocycles. The summed E-state index contributed by atoms with van der Waals surface area (Å²) in [6.45, 7) is 6.15. The smallest absolute Gasteiger partial charge is 0.0792 e. The van der Waals surface area contributed by atoms with Gasteiger partial charge in [0.1, 0.15) is 0 Å². The van der Waals surface area contributed by atoms with Crippen LogP contribution in [0.5, 0.6) is 0 Å². The van der Waals surface area contributed by atoms with Crippen LogP contribution in [0.4, 0.5) is 0 Å². The quantitative estimate of drug-likeness (QED) is 0.663. The molecule has 0 aromatic heterocycles. The molecule has 0 bridgehead atoms. The molecule has 0 saturated heterocycles. The van der Waals surface area contributed by atoms with Crippen LogP contribution in [0.25, 0.3) is 0 Å². The summed E-state index contributed by atoms with van der Waals surface area (Å²) in [6, 6.07) is 21.3. The summed E-state index contributed by atoms with van der Waals surface area (Å²) < 4.78 is 0. The Kier molecular flexibility index (Phi) is 7.03. The minimum Gasteiger partial charge on any atom is -0.391 e. The summed E-state index contributed by atoms with van der Waals surface area (Å²) in [5, 5.41) is 11.2. The number of aliphatic hydroxyl groups is 1. The van der Waals surface area contributed by atoms with Gasteiger partial charge in [-0.25, -0.2) is 0 Å². The summed E-state index contributed by atoms with van der Waals surface area (Å²) >= 11 is 0. The van der Waals surface area contributed by atoms with Crippen molar-refractivity contribution in [2.45, 2.75) is 45.5 Å². The van der Waals surface area contributed by atoms with Crippen molar-refractivity contribution in [3.05, 3.63) is 96.1 Å². The van der Waals surface area contributed by atoms with Gasteiger partial charge < -0.3 is 5.11 Å². The molecule has 2 nitrogen and oxygen atoms in total. The van der Waals surface area contributed by atoms with Gasteiger partial charge in [-0.3, -0.25) is 4.90 Å². The van der Waals surface area contributed by atoms with Crippen molar-refractivity contribution >= 4 is 0 Å². The number of rotatable bonds is 9. The van der Waals surface area contributed by atoms with E-state index in [1.165, 1.54) is 11.1 Å². The zero-order valence-corrected chi connectivity index (χ0v) is 16.4. The maximum absolute atomic E-state index is 11.2. The van der Waals surface area contributed by atoms with Crippen LogP contribution in [0.3, 0.4) is 0 Å². The monoisotopic (exact) mass is 361 g/mol. The Morgan fingerprint density at radius 1 is 0.815 bits per heavy atom. The fourth-order valence-corrected chi connectivity index (χ4v) is 3.85. The van der Waals surface area contributed by atoms with E-state index in [1.54, 1.807) is 0 Å². The lowest BCUT2D eigenvalue weighted by Crippen LogP contribution is -2.46. The average Bonchev–Trinajstić information content (AvgIpc) is 3.21. The predicted octanol–water partition coefficient (Wildman–Crippen LogP) is 5.21. The van der Waals surface area contributed by atoms with E-state index in [2.05, 4.69) is 91.6 Å². The van der Waals surface area contributed by atoms with Crippen LogP contribution >= 0.6 is 0 Å². The van der Waals surface area contributed by atoms with E-state index < -0.39 is 6.10 Å². The van der Waals surface area contributed by atoms with Crippen molar-refractivity contribution in [2.75, 3.05) is 0 Å². The normalized spacial score (nSPS) is 16.3. The van der Waals surface area contributed by atoms with E-state index >= 15 is 0 Å². The third-order valence-electron chi connectivity index (χ3n) is 5.21. The maximum atomic E-state index is 11.2. The van der Waals surface area contributed by atoms with Crippen LogP contribution in [0.15, 0.2) is 85.0 Å². The van der Waals surface area contributed by atoms with Crippen molar-refractivity contribution in [1.82, 2.24) is 4.90 Å². The van der Waals surface area contributed by atoms with Gasteiger partial charge in [0, 0.05) is 25.0 Å². The molecule has 2 aromatic rings.